The van der Waals surface area contributed by atoms with Gasteiger partial charge in [0.05, 0.1) is 11.9 Å². The molecule has 130 valence electrons. The first-order valence-corrected chi connectivity index (χ1v) is 9.85. The molecular weight excluding hydrogens is 359 g/mol. The molecule has 2 aromatic heterocycles. The lowest BCUT2D eigenvalue weighted by Crippen LogP contribution is -2.26. The van der Waals surface area contributed by atoms with Gasteiger partial charge in [-0.2, -0.15) is 0 Å². The second-order valence-corrected chi connectivity index (χ2v) is 7.55. The summed E-state index contributed by atoms with van der Waals surface area (Å²) >= 11 is 2.83. The highest BCUT2D eigenvalue weighted by atomic mass is 32.2. The summed E-state index contributed by atoms with van der Waals surface area (Å²) in [6, 6.07) is 6.07. The van der Waals surface area contributed by atoms with Crippen LogP contribution in [0.25, 0.3) is 10.2 Å². The van der Waals surface area contributed by atoms with E-state index in [1.54, 1.807) is 6.92 Å². The number of aromatic nitrogens is 2. The summed E-state index contributed by atoms with van der Waals surface area (Å²) in [4.78, 5) is 31.7. The normalized spacial score (nSPS) is 11.2. The Kier molecular flexibility index (Phi) is 5.06. The first kappa shape index (κ1) is 17.8. The Bertz CT molecular complexity index is 1020. The lowest BCUT2D eigenvalue weighted by molar-refractivity contribution is 0.0967. The molecule has 0 spiro atoms. The molecule has 4 nitrogen and oxygen atoms in total. The molecule has 0 aliphatic carbocycles. The van der Waals surface area contributed by atoms with Crippen molar-refractivity contribution in [3.05, 3.63) is 56.4 Å². The van der Waals surface area contributed by atoms with Crippen LogP contribution in [0, 0.1) is 12.7 Å². The van der Waals surface area contributed by atoms with Crippen molar-refractivity contribution in [3.8, 4) is 0 Å². The number of thiophene rings is 1. The molecule has 0 N–H and O–H groups in total. The average Bonchev–Trinajstić information content (AvgIpc) is 3.03. The molecule has 0 radical (unpaired) electrons. The minimum atomic E-state index is -0.355. The molecule has 0 atom stereocenters. The van der Waals surface area contributed by atoms with Crippen LogP contribution in [0.2, 0.25) is 0 Å². The zero-order chi connectivity index (χ0) is 18.1. The van der Waals surface area contributed by atoms with E-state index in [1.807, 2.05) is 19.2 Å². The van der Waals surface area contributed by atoms with Gasteiger partial charge in [-0.15, -0.1) is 11.3 Å². The highest BCUT2D eigenvalue weighted by molar-refractivity contribution is 7.98. The third-order valence-corrected chi connectivity index (χ3v) is 5.83. The zero-order valence-electron chi connectivity index (χ0n) is 14.1. The first-order chi connectivity index (χ1) is 11.9. The van der Waals surface area contributed by atoms with Gasteiger partial charge in [0, 0.05) is 10.4 Å². The Morgan fingerprint density at radius 3 is 2.76 bits per heavy atom. The monoisotopic (exact) mass is 376 g/mol. The molecule has 0 unspecified atom stereocenters. The van der Waals surface area contributed by atoms with Crippen molar-refractivity contribution < 1.29 is 9.18 Å². The van der Waals surface area contributed by atoms with Gasteiger partial charge in [-0.3, -0.25) is 14.2 Å². The van der Waals surface area contributed by atoms with E-state index in [0.29, 0.717) is 26.5 Å². The van der Waals surface area contributed by atoms with Gasteiger partial charge in [0.15, 0.2) is 10.9 Å². The number of aryl methyl sites for hydroxylation is 2. The fourth-order valence-electron chi connectivity index (χ4n) is 2.57. The summed E-state index contributed by atoms with van der Waals surface area (Å²) < 4.78 is 14.8. The maximum Gasteiger partial charge on any atom is 0.263 e. The quantitative estimate of drug-likeness (QED) is 0.383. The largest absolute Gasteiger partial charge is 0.292 e. The van der Waals surface area contributed by atoms with E-state index < -0.39 is 0 Å². The number of benzene rings is 1. The fourth-order valence-corrected chi connectivity index (χ4v) is 4.14. The summed E-state index contributed by atoms with van der Waals surface area (Å²) in [5.74, 6) is -0.598. The number of carbonyl (C=O) groups is 1. The summed E-state index contributed by atoms with van der Waals surface area (Å²) in [7, 11) is 0. The van der Waals surface area contributed by atoms with Crippen LogP contribution < -0.4 is 5.56 Å². The van der Waals surface area contributed by atoms with Crippen LogP contribution in [0.4, 0.5) is 4.39 Å². The molecule has 0 amide bonds. The van der Waals surface area contributed by atoms with Crippen molar-refractivity contribution in [2.45, 2.75) is 32.0 Å². The van der Waals surface area contributed by atoms with Crippen LogP contribution in [0.1, 0.15) is 27.7 Å². The number of Topliss-reactive ketones (excluding diaryl/α,β-unsaturated/α-hetero) is 1. The average molecular weight is 376 g/mol. The van der Waals surface area contributed by atoms with Crippen LogP contribution in [-0.4, -0.2) is 21.6 Å². The highest BCUT2D eigenvalue weighted by Gasteiger charge is 2.17. The predicted octanol–water partition coefficient (Wildman–Crippen LogP) is 4.07. The second kappa shape index (κ2) is 7.09. The summed E-state index contributed by atoms with van der Waals surface area (Å²) in [6.45, 7) is 3.52. The van der Waals surface area contributed by atoms with Crippen molar-refractivity contribution in [2.75, 3.05) is 6.26 Å². The fraction of sp³-hybridized carbons (Fsp3) is 0.278. The van der Waals surface area contributed by atoms with Gasteiger partial charge in [-0.1, -0.05) is 18.7 Å². The maximum absolute atomic E-state index is 13.4. The predicted molar refractivity (Wildman–Crippen MR) is 101 cm³/mol. The van der Waals surface area contributed by atoms with Crippen molar-refractivity contribution in [1.82, 2.24) is 9.55 Å². The minimum Gasteiger partial charge on any atom is -0.292 e. The standard InChI is InChI=1S/C18H17FN2O2S2/c1-4-12-8-13-16(25-12)20-18(24-3)21(17(13)23)9-15(22)11-5-6-14(19)10(2)7-11/h5-8H,4,9H2,1-3H3. The van der Waals surface area contributed by atoms with E-state index in [0.717, 1.165) is 11.3 Å². The molecule has 7 heteroatoms. The molecule has 3 rings (SSSR count). The number of nitrogens with zero attached hydrogens (tertiary/aromatic N) is 2. The van der Waals surface area contributed by atoms with Gasteiger partial charge in [0.2, 0.25) is 0 Å². The van der Waals surface area contributed by atoms with Gasteiger partial charge in [-0.25, -0.2) is 9.37 Å². The van der Waals surface area contributed by atoms with Gasteiger partial charge in [0.1, 0.15) is 10.6 Å². The third kappa shape index (κ3) is 3.39. The zero-order valence-corrected chi connectivity index (χ0v) is 15.8. The lowest BCUT2D eigenvalue weighted by atomic mass is 10.1. The minimum absolute atomic E-state index is 0.111. The Hall–Kier alpha value is -1.99. The van der Waals surface area contributed by atoms with Crippen molar-refractivity contribution in [1.29, 1.82) is 0 Å². The number of carbonyl (C=O) groups excluding carboxylic acids is 1. The highest BCUT2D eigenvalue weighted by Crippen LogP contribution is 2.24. The summed E-state index contributed by atoms with van der Waals surface area (Å²) in [5, 5.41) is 1.05. The van der Waals surface area contributed by atoms with Crippen molar-refractivity contribution in [2.24, 2.45) is 0 Å². The van der Waals surface area contributed by atoms with Crippen LogP contribution in [0.3, 0.4) is 0 Å². The molecule has 0 bridgehead atoms. The van der Waals surface area contributed by atoms with Crippen LogP contribution in [0.15, 0.2) is 34.2 Å². The third-order valence-electron chi connectivity index (χ3n) is 3.98. The molecule has 0 saturated heterocycles. The van der Waals surface area contributed by atoms with E-state index in [4.69, 9.17) is 0 Å². The number of hydrogen-bond donors (Lipinski definition) is 0. The smallest absolute Gasteiger partial charge is 0.263 e. The van der Waals surface area contributed by atoms with E-state index in [2.05, 4.69) is 4.98 Å². The van der Waals surface area contributed by atoms with Gasteiger partial charge < -0.3 is 0 Å². The lowest BCUT2D eigenvalue weighted by Gasteiger charge is -2.10. The number of halogens is 1. The molecule has 1 aromatic carbocycles. The maximum atomic E-state index is 13.4. The molecule has 0 aliphatic rings. The molecule has 0 aliphatic heterocycles. The number of hydrogen-bond acceptors (Lipinski definition) is 5. The van der Waals surface area contributed by atoms with Gasteiger partial charge in [0.25, 0.3) is 5.56 Å². The Morgan fingerprint density at radius 2 is 2.12 bits per heavy atom. The first-order valence-electron chi connectivity index (χ1n) is 7.81. The molecule has 0 fully saturated rings. The molecule has 0 saturated carbocycles. The molecule has 25 heavy (non-hydrogen) atoms. The van der Waals surface area contributed by atoms with E-state index in [1.165, 1.54) is 45.9 Å². The van der Waals surface area contributed by atoms with E-state index in [-0.39, 0.29) is 23.7 Å². The Morgan fingerprint density at radius 1 is 1.36 bits per heavy atom. The Labute approximate surface area is 152 Å². The molecule has 3 aromatic rings. The number of fused-ring (bicyclic) bond motifs is 1. The topological polar surface area (TPSA) is 52.0 Å². The molecule has 2 heterocycles. The number of rotatable bonds is 5. The van der Waals surface area contributed by atoms with Crippen molar-refractivity contribution in [3.63, 3.8) is 0 Å². The van der Waals surface area contributed by atoms with E-state index >= 15 is 0 Å². The second-order valence-electron chi connectivity index (χ2n) is 5.66. The van der Waals surface area contributed by atoms with Crippen LogP contribution >= 0.6 is 23.1 Å². The van der Waals surface area contributed by atoms with E-state index in [9.17, 15) is 14.0 Å². The van der Waals surface area contributed by atoms with Crippen molar-refractivity contribution >= 4 is 39.1 Å². The van der Waals surface area contributed by atoms with Gasteiger partial charge >= 0.3 is 0 Å². The molecular formula is C18H17FN2O2S2. The van der Waals surface area contributed by atoms with Crippen LogP contribution in [0.5, 0.6) is 0 Å². The van der Waals surface area contributed by atoms with Gasteiger partial charge in [-0.05, 0) is 49.4 Å². The number of ketones is 1. The summed E-state index contributed by atoms with van der Waals surface area (Å²) in [5.41, 5.74) is 0.581. The van der Waals surface area contributed by atoms with Crippen LogP contribution in [-0.2, 0) is 13.0 Å². The Balaban J connectivity index is 2.05. The summed E-state index contributed by atoms with van der Waals surface area (Å²) in [6.07, 6.45) is 2.66. The SMILES string of the molecule is CCc1cc2c(=O)n(CC(=O)c3ccc(F)c(C)c3)c(SC)nc2s1. The number of thioether (sulfide) groups is 1.